The van der Waals surface area contributed by atoms with Crippen molar-refractivity contribution >= 4 is 22.9 Å². The molecule has 2 aromatic heterocycles. The predicted molar refractivity (Wildman–Crippen MR) is 122 cm³/mol. The number of aromatic amines is 1. The molecular formula is C23H27F3N4OS. The summed E-state index contributed by atoms with van der Waals surface area (Å²) in [7, 11) is 0. The van der Waals surface area contributed by atoms with Crippen LogP contribution in [0.15, 0.2) is 41.8 Å². The number of amides is 1. The number of para-hydroxylation sites is 1. The average Bonchev–Trinajstić information content (AvgIpc) is 3.50. The molecule has 5 nitrogen and oxygen atoms in total. The zero-order chi connectivity index (χ0) is 23.1. The van der Waals surface area contributed by atoms with Crippen LogP contribution in [-0.4, -0.2) is 29.2 Å². The van der Waals surface area contributed by atoms with Crippen LogP contribution in [0.2, 0.25) is 0 Å². The second-order valence-electron chi connectivity index (χ2n) is 7.19. The lowest BCUT2D eigenvalue weighted by Gasteiger charge is -2.32. The Hall–Kier alpha value is -2.81. The number of hydrogen-bond donors (Lipinski definition) is 2. The van der Waals surface area contributed by atoms with Crippen molar-refractivity contribution in [2.45, 2.75) is 45.8 Å². The van der Waals surface area contributed by atoms with Crippen LogP contribution in [0.3, 0.4) is 0 Å². The molecule has 0 aliphatic carbocycles. The van der Waals surface area contributed by atoms with Crippen LogP contribution < -0.4 is 10.2 Å². The molecule has 3 heterocycles. The van der Waals surface area contributed by atoms with Crippen LogP contribution in [0, 0.1) is 0 Å². The molecule has 0 bridgehead atoms. The van der Waals surface area contributed by atoms with E-state index < -0.39 is 17.6 Å². The summed E-state index contributed by atoms with van der Waals surface area (Å²) in [5.41, 5.74) is 0.704. The Labute approximate surface area is 189 Å². The molecule has 4 rings (SSSR count). The Morgan fingerprint density at radius 1 is 1.16 bits per heavy atom. The smallest absolute Gasteiger partial charge is 0.370 e. The molecule has 1 aliphatic heterocycles. The first-order valence-electron chi connectivity index (χ1n) is 10.7. The van der Waals surface area contributed by atoms with Crippen LogP contribution in [0.5, 0.6) is 0 Å². The second-order valence-corrected chi connectivity index (χ2v) is 8.13. The van der Waals surface area contributed by atoms with E-state index >= 15 is 0 Å². The lowest BCUT2D eigenvalue weighted by Crippen LogP contribution is -2.34. The minimum atomic E-state index is -4.53. The molecule has 1 fully saturated rings. The fourth-order valence-corrected chi connectivity index (χ4v) is 4.37. The number of rotatable bonds is 5. The van der Waals surface area contributed by atoms with Gasteiger partial charge in [-0.25, -0.2) is 0 Å². The van der Waals surface area contributed by atoms with Crippen molar-refractivity contribution in [2.24, 2.45) is 0 Å². The second kappa shape index (κ2) is 10.7. The number of alkyl halides is 3. The quantitative estimate of drug-likeness (QED) is 0.479. The molecule has 0 saturated carbocycles. The van der Waals surface area contributed by atoms with Crippen molar-refractivity contribution in [2.75, 3.05) is 18.0 Å². The first kappa shape index (κ1) is 23.8. The van der Waals surface area contributed by atoms with Crippen LogP contribution in [0.4, 0.5) is 18.9 Å². The van der Waals surface area contributed by atoms with Gasteiger partial charge in [0.25, 0.3) is 5.91 Å². The molecular weight excluding hydrogens is 437 g/mol. The maximum absolute atomic E-state index is 13.7. The largest absolute Gasteiger partial charge is 0.418 e. The normalized spacial score (nSPS) is 14.0. The van der Waals surface area contributed by atoms with Gasteiger partial charge >= 0.3 is 6.18 Å². The maximum atomic E-state index is 13.7. The number of carbonyl (C=O) groups excluding carboxylic acids is 1. The third-order valence-corrected chi connectivity index (χ3v) is 5.99. The summed E-state index contributed by atoms with van der Waals surface area (Å²) >= 11 is 1.55. The van der Waals surface area contributed by atoms with Gasteiger partial charge in [-0.2, -0.15) is 18.3 Å². The zero-order valence-electron chi connectivity index (χ0n) is 18.1. The molecule has 172 valence electrons. The maximum Gasteiger partial charge on any atom is 0.418 e. The number of anilines is 1. The molecule has 1 amide bonds. The number of nitrogens with one attached hydrogen (secondary N) is 2. The third kappa shape index (κ3) is 5.51. The number of benzene rings is 1. The van der Waals surface area contributed by atoms with Crippen molar-refractivity contribution < 1.29 is 18.0 Å². The van der Waals surface area contributed by atoms with E-state index in [0.29, 0.717) is 18.8 Å². The summed E-state index contributed by atoms with van der Waals surface area (Å²) in [5.74, 6) is -0.533. The van der Waals surface area contributed by atoms with E-state index in [4.69, 9.17) is 0 Å². The number of hydrogen-bond acceptors (Lipinski definition) is 4. The lowest BCUT2D eigenvalue weighted by atomic mass is 10.0. The van der Waals surface area contributed by atoms with E-state index in [1.165, 1.54) is 12.1 Å². The van der Waals surface area contributed by atoms with Gasteiger partial charge in [0.15, 0.2) is 0 Å². The van der Waals surface area contributed by atoms with Crippen molar-refractivity contribution in [1.29, 1.82) is 0 Å². The van der Waals surface area contributed by atoms with Gasteiger partial charge in [0.1, 0.15) is 5.69 Å². The van der Waals surface area contributed by atoms with E-state index in [2.05, 4.69) is 15.5 Å². The van der Waals surface area contributed by atoms with E-state index in [9.17, 15) is 18.0 Å². The van der Waals surface area contributed by atoms with Crippen LogP contribution >= 0.6 is 11.3 Å². The number of halogens is 3. The van der Waals surface area contributed by atoms with Crippen molar-refractivity contribution in [3.63, 3.8) is 0 Å². The molecule has 9 heteroatoms. The number of piperidine rings is 1. The first-order chi connectivity index (χ1) is 15.4. The van der Waals surface area contributed by atoms with E-state index in [1.807, 2.05) is 37.4 Å². The van der Waals surface area contributed by atoms with Crippen LogP contribution in [0.1, 0.15) is 54.7 Å². The molecule has 0 radical (unpaired) electrons. The van der Waals surface area contributed by atoms with Gasteiger partial charge in [0, 0.05) is 13.1 Å². The van der Waals surface area contributed by atoms with E-state index in [1.54, 1.807) is 16.2 Å². The average molecular weight is 465 g/mol. The van der Waals surface area contributed by atoms with Crippen LogP contribution in [-0.2, 0) is 12.7 Å². The monoisotopic (exact) mass is 464 g/mol. The molecule has 3 aromatic rings. The van der Waals surface area contributed by atoms with Gasteiger partial charge in [-0.15, -0.1) is 11.3 Å². The molecule has 1 saturated heterocycles. The first-order valence-corrected chi connectivity index (χ1v) is 11.6. The summed E-state index contributed by atoms with van der Waals surface area (Å²) in [4.78, 5) is 15.5. The minimum Gasteiger partial charge on any atom is -0.370 e. The topological polar surface area (TPSA) is 61.0 Å². The number of aromatic nitrogens is 2. The highest BCUT2D eigenvalue weighted by Gasteiger charge is 2.37. The van der Waals surface area contributed by atoms with Gasteiger partial charge in [-0.1, -0.05) is 26.0 Å². The van der Waals surface area contributed by atoms with Gasteiger partial charge < -0.3 is 10.2 Å². The lowest BCUT2D eigenvalue weighted by molar-refractivity contribution is -0.137. The molecule has 32 heavy (non-hydrogen) atoms. The summed E-state index contributed by atoms with van der Waals surface area (Å²) in [6, 6.07) is 9.48. The standard InChI is InChI=1S/C21H21F3N4OS.C2H6/c22-21(23,24)16-7-4-6-15(19(16)28-9-2-1-3-10-28)20(29)25-13-14-12-17(27-26-14)18-8-5-11-30-18;1-2/h4-8,11-12H,1-3,9-10,13H2,(H,25,29)(H,26,27);1-2H3. The molecule has 0 spiro atoms. The van der Waals surface area contributed by atoms with Gasteiger partial charge in [-0.05, 0) is 48.9 Å². The summed E-state index contributed by atoms with van der Waals surface area (Å²) < 4.78 is 41.0. The fourth-order valence-electron chi connectivity index (χ4n) is 3.69. The van der Waals surface area contributed by atoms with Gasteiger partial charge in [0.2, 0.25) is 0 Å². The Kier molecular flexibility index (Phi) is 7.95. The number of H-pyrrole nitrogens is 1. The Bertz CT molecular complexity index is 1010. The Morgan fingerprint density at radius 2 is 1.91 bits per heavy atom. The van der Waals surface area contributed by atoms with Crippen molar-refractivity contribution in [3.8, 4) is 10.6 Å². The molecule has 1 aromatic carbocycles. The summed E-state index contributed by atoms with van der Waals surface area (Å²) in [6.07, 6.45) is -1.92. The molecule has 2 N–H and O–H groups in total. The highest BCUT2D eigenvalue weighted by Crippen LogP contribution is 2.39. The van der Waals surface area contributed by atoms with Crippen molar-refractivity contribution in [1.82, 2.24) is 15.5 Å². The van der Waals surface area contributed by atoms with Gasteiger partial charge in [-0.3, -0.25) is 9.89 Å². The molecule has 0 unspecified atom stereocenters. The Morgan fingerprint density at radius 3 is 2.56 bits per heavy atom. The summed E-state index contributed by atoms with van der Waals surface area (Å²) in [5, 5.41) is 11.8. The minimum absolute atomic E-state index is 0.0221. The van der Waals surface area contributed by atoms with Crippen LogP contribution in [0.25, 0.3) is 10.6 Å². The number of nitrogens with zero attached hydrogens (tertiary/aromatic N) is 2. The summed E-state index contributed by atoms with van der Waals surface area (Å²) in [6.45, 7) is 5.17. The predicted octanol–water partition coefficient (Wildman–Crippen LogP) is 6.10. The number of thiophene rings is 1. The SMILES string of the molecule is CC.O=C(NCc1cc(-c2cccs2)n[nH]1)c1cccc(C(F)(F)F)c1N1CCCCC1. The van der Waals surface area contributed by atoms with E-state index in [0.717, 1.165) is 35.9 Å². The van der Waals surface area contributed by atoms with Gasteiger partial charge in [0.05, 0.1) is 33.9 Å². The fraction of sp³-hybridized carbons (Fsp3) is 0.391. The highest BCUT2D eigenvalue weighted by atomic mass is 32.1. The van der Waals surface area contributed by atoms with E-state index in [-0.39, 0.29) is 17.8 Å². The van der Waals surface area contributed by atoms with Crippen molar-refractivity contribution in [3.05, 3.63) is 58.6 Å². The zero-order valence-corrected chi connectivity index (χ0v) is 18.9. The third-order valence-electron chi connectivity index (χ3n) is 5.10. The molecule has 0 atom stereocenters. The molecule has 1 aliphatic rings. The number of carbonyl (C=O) groups is 1. The highest BCUT2D eigenvalue weighted by molar-refractivity contribution is 7.13. The Balaban J connectivity index is 0.00000141.